The van der Waals surface area contributed by atoms with Gasteiger partial charge in [0.05, 0.1) is 19.8 Å². The second-order valence-electron chi connectivity index (χ2n) is 10.0. The van der Waals surface area contributed by atoms with Crippen molar-refractivity contribution in [2.24, 2.45) is 5.73 Å². The number of unbranched alkanes of at least 4 members (excludes halogenated alkanes) is 2. The average molecular weight is 590 g/mol. The number of rotatable bonds is 13. The molecule has 0 aromatic heterocycles. The van der Waals surface area contributed by atoms with E-state index in [-0.39, 0.29) is 6.61 Å². The Kier molecular flexibility index (Phi) is 13.3. The van der Waals surface area contributed by atoms with Crippen LogP contribution in [0.15, 0.2) is 0 Å². The van der Waals surface area contributed by atoms with E-state index in [1.807, 2.05) is 0 Å². The summed E-state index contributed by atoms with van der Waals surface area (Å²) in [5, 5.41) is 102. The number of ether oxygens (including phenoxy) is 6. The smallest absolute Gasteiger partial charge is 0.187 e. The molecule has 3 heterocycles. The number of hydrogen-bond acceptors (Lipinski definition) is 17. The maximum Gasteiger partial charge on any atom is 0.187 e. The first kappa shape index (κ1) is 33.8. The molecule has 3 fully saturated rings. The molecule has 0 saturated carbocycles. The molecule has 3 saturated heterocycles. The predicted molar refractivity (Wildman–Crippen MR) is 128 cm³/mol. The third-order valence-corrected chi connectivity index (χ3v) is 7.21. The van der Waals surface area contributed by atoms with E-state index in [1.165, 1.54) is 0 Å². The van der Waals surface area contributed by atoms with Gasteiger partial charge in [0.2, 0.25) is 0 Å². The lowest BCUT2D eigenvalue weighted by Crippen LogP contribution is -2.66. The van der Waals surface area contributed by atoms with Crippen molar-refractivity contribution in [3.05, 3.63) is 0 Å². The van der Waals surface area contributed by atoms with Gasteiger partial charge in [-0.25, -0.2) is 0 Å². The molecule has 0 radical (unpaired) electrons. The topological polar surface area (TPSA) is 284 Å². The summed E-state index contributed by atoms with van der Waals surface area (Å²) in [7, 11) is 0. The van der Waals surface area contributed by atoms with E-state index in [2.05, 4.69) is 0 Å². The van der Waals surface area contributed by atoms with E-state index in [1.54, 1.807) is 0 Å². The van der Waals surface area contributed by atoms with Gasteiger partial charge in [-0.1, -0.05) is 0 Å². The summed E-state index contributed by atoms with van der Waals surface area (Å²) >= 11 is 0. The molecule has 3 rings (SSSR count). The van der Waals surface area contributed by atoms with Crippen molar-refractivity contribution in [2.75, 3.05) is 33.0 Å². The Morgan fingerprint density at radius 3 is 1.55 bits per heavy atom. The first-order chi connectivity index (χ1) is 19.1. The zero-order valence-corrected chi connectivity index (χ0v) is 21.8. The van der Waals surface area contributed by atoms with Gasteiger partial charge in [-0.2, -0.15) is 0 Å². The first-order valence-corrected chi connectivity index (χ1v) is 13.3. The van der Waals surface area contributed by atoms with Crippen molar-refractivity contribution in [1.29, 1.82) is 0 Å². The second kappa shape index (κ2) is 15.7. The maximum absolute atomic E-state index is 10.8. The molecule has 3 aliphatic heterocycles. The number of hydrogen-bond donors (Lipinski definition) is 11. The van der Waals surface area contributed by atoms with Crippen molar-refractivity contribution >= 4 is 0 Å². The van der Waals surface area contributed by atoms with Gasteiger partial charge in [-0.3, -0.25) is 0 Å². The van der Waals surface area contributed by atoms with Crippen LogP contribution in [0.2, 0.25) is 0 Å². The Labute approximate surface area is 230 Å². The molecule has 236 valence electrons. The minimum Gasteiger partial charge on any atom is -0.394 e. The van der Waals surface area contributed by atoms with Gasteiger partial charge >= 0.3 is 0 Å². The van der Waals surface area contributed by atoms with Crippen LogP contribution < -0.4 is 5.73 Å². The molecule has 40 heavy (non-hydrogen) atoms. The summed E-state index contributed by atoms with van der Waals surface area (Å²) in [4.78, 5) is 0. The lowest BCUT2D eigenvalue weighted by atomic mass is 9.96. The van der Waals surface area contributed by atoms with E-state index >= 15 is 0 Å². The van der Waals surface area contributed by atoms with Gasteiger partial charge in [0.1, 0.15) is 73.2 Å². The summed E-state index contributed by atoms with van der Waals surface area (Å²) in [5.41, 5.74) is 5.48. The molecule has 0 amide bonds. The largest absolute Gasteiger partial charge is 0.394 e. The standard InChI is InChI=1S/C23H43NO16/c24-4-2-1-3-5-35-23-20(15(31)13(29)10(7-26)37-23)40-22-18(34)16(32)19(11(8-27)38-22)39-21-17(33)14(30)12(28)9(6-25)36-21/h9-23,25-34H,1-8,24H2. The van der Waals surface area contributed by atoms with Crippen LogP contribution in [-0.4, -0.2) is 176 Å². The van der Waals surface area contributed by atoms with Crippen LogP contribution in [0.1, 0.15) is 19.3 Å². The lowest BCUT2D eigenvalue weighted by Gasteiger charge is -2.48. The van der Waals surface area contributed by atoms with Gasteiger partial charge in [0.25, 0.3) is 0 Å². The van der Waals surface area contributed by atoms with Gasteiger partial charge in [0, 0.05) is 6.61 Å². The Morgan fingerprint density at radius 1 is 0.500 bits per heavy atom. The molecular weight excluding hydrogens is 546 g/mol. The highest BCUT2D eigenvalue weighted by atomic mass is 16.8. The van der Waals surface area contributed by atoms with Crippen LogP contribution in [0.4, 0.5) is 0 Å². The molecule has 15 atom stereocenters. The van der Waals surface area contributed by atoms with Crippen LogP contribution in [0.3, 0.4) is 0 Å². The van der Waals surface area contributed by atoms with E-state index in [9.17, 15) is 51.1 Å². The molecule has 0 aliphatic carbocycles. The molecule has 12 N–H and O–H groups in total. The minimum atomic E-state index is -1.89. The Bertz CT molecular complexity index is 735. The molecule has 0 bridgehead atoms. The van der Waals surface area contributed by atoms with Crippen molar-refractivity contribution in [2.45, 2.75) is 111 Å². The van der Waals surface area contributed by atoms with Gasteiger partial charge < -0.3 is 85.2 Å². The monoisotopic (exact) mass is 589 g/mol. The first-order valence-electron chi connectivity index (χ1n) is 13.3. The molecule has 0 aromatic rings. The second-order valence-corrected chi connectivity index (χ2v) is 10.0. The zero-order chi connectivity index (χ0) is 29.6. The molecule has 15 unspecified atom stereocenters. The zero-order valence-electron chi connectivity index (χ0n) is 21.8. The summed E-state index contributed by atoms with van der Waals surface area (Å²) in [6, 6.07) is 0. The van der Waals surface area contributed by atoms with Crippen LogP contribution in [0, 0.1) is 0 Å². The number of aliphatic hydroxyl groups excluding tert-OH is 10. The van der Waals surface area contributed by atoms with Gasteiger partial charge in [-0.05, 0) is 25.8 Å². The SMILES string of the molecule is NCCCCCOC1OC(CO)C(O)C(O)C1OC1OC(CO)C(OC2OC(CO)C(O)C(O)C2O)C(O)C1O. The highest BCUT2D eigenvalue weighted by Gasteiger charge is 2.53. The highest BCUT2D eigenvalue weighted by Crippen LogP contribution is 2.32. The van der Waals surface area contributed by atoms with Gasteiger partial charge in [0.15, 0.2) is 18.9 Å². The fraction of sp³-hybridized carbons (Fsp3) is 1.00. The number of aliphatic hydroxyl groups is 10. The average Bonchev–Trinajstić information content (AvgIpc) is 2.95. The van der Waals surface area contributed by atoms with Crippen LogP contribution in [0.5, 0.6) is 0 Å². The minimum absolute atomic E-state index is 0.149. The van der Waals surface area contributed by atoms with Crippen LogP contribution in [-0.2, 0) is 28.4 Å². The maximum atomic E-state index is 10.8. The normalized spacial score (nSPS) is 46.4. The molecule has 0 spiro atoms. The third-order valence-electron chi connectivity index (χ3n) is 7.21. The quantitative estimate of drug-likeness (QED) is 0.0890. The molecule has 0 aromatic carbocycles. The van der Waals surface area contributed by atoms with Crippen molar-refractivity contribution in [3.63, 3.8) is 0 Å². The third kappa shape index (κ3) is 7.63. The Morgan fingerprint density at radius 2 is 0.975 bits per heavy atom. The lowest BCUT2D eigenvalue weighted by molar-refractivity contribution is -0.384. The van der Waals surface area contributed by atoms with Crippen molar-refractivity contribution in [1.82, 2.24) is 0 Å². The van der Waals surface area contributed by atoms with E-state index < -0.39 is 112 Å². The van der Waals surface area contributed by atoms with Gasteiger partial charge in [-0.15, -0.1) is 0 Å². The van der Waals surface area contributed by atoms with Crippen LogP contribution in [0.25, 0.3) is 0 Å². The molecule has 17 heteroatoms. The van der Waals surface area contributed by atoms with E-state index in [0.29, 0.717) is 13.0 Å². The van der Waals surface area contributed by atoms with Crippen LogP contribution >= 0.6 is 0 Å². The summed E-state index contributed by atoms with van der Waals surface area (Å²) in [6.07, 6.45) is -21.9. The Hall–Kier alpha value is -0.680. The predicted octanol–water partition coefficient (Wildman–Crippen LogP) is -6.42. The summed E-state index contributed by atoms with van der Waals surface area (Å²) in [6.45, 7) is -1.53. The fourth-order valence-electron chi connectivity index (χ4n) is 4.78. The van der Waals surface area contributed by atoms with Crippen molar-refractivity contribution < 1.29 is 79.5 Å². The van der Waals surface area contributed by atoms with E-state index in [0.717, 1.165) is 12.8 Å². The van der Waals surface area contributed by atoms with E-state index in [4.69, 9.17) is 34.2 Å². The Balaban J connectivity index is 1.70. The fourth-order valence-corrected chi connectivity index (χ4v) is 4.78. The summed E-state index contributed by atoms with van der Waals surface area (Å²) < 4.78 is 33.3. The number of nitrogens with two attached hydrogens (primary N) is 1. The molecule has 3 aliphatic rings. The summed E-state index contributed by atoms with van der Waals surface area (Å²) in [5.74, 6) is 0. The molecular formula is C23H43NO16. The van der Waals surface area contributed by atoms with Crippen molar-refractivity contribution in [3.8, 4) is 0 Å². The highest BCUT2D eigenvalue weighted by molar-refractivity contribution is 4.96. The molecule has 17 nitrogen and oxygen atoms in total.